The Morgan fingerprint density at radius 1 is 0.900 bits per heavy atom. The van der Waals surface area contributed by atoms with Crippen molar-refractivity contribution in [2.45, 2.75) is 31.7 Å². The van der Waals surface area contributed by atoms with Crippen LogP contribution < -0.4 is 9.62 Å². The van der Waals surface area contributed by atoms with Crippen LogP contribution in [-0.4, -0.2) is 21.4 Å². The summed E-state index contributed by atoms with van der Waals surface area (Å²) in [6.45, 7) is 5.99. The molecule has 0 saturated carbocycles. The minimum Gasteiger partial charge on any atom is -0.345 e. The fourth-order valence-corrected chi connectivity index (χ4v) is 4.45. The van der Waals surface area contributed by atoms with E-state index < -0.39 is 10.0 Å². The Morgan fingerprint density at radius 3 is 2.20 bits per heavy atom. The number of anilines is 1. The van der Waals surface area contributed by atoms with E-state index in [1.165, 1.54) is 24.7 Å². The van der Waals surface area contributed by atoms with Crippen LogP contribution in [0.4, 0.5) is 5.69 Å². The molecule has 30 heavy (non-hydrogen) atoms. The summed E-state index contributed by atoms with van der Waals surface area (Å²) in [5.41, 5.74) is 3.97. The highest BCUT2D eigenvalue weighted by atomic mass is 32.2. The molecule has 1 atom stereocenters. The lowest BCUT2D eigenvalue weighted by Gasteiger charge is -2.23. The Labute approximate surface area is 178 Å². The molecule has 3 aromatic carbocycles. The molecule has 0 saturated heterocycles. The highest BCUT2D eigenvalue weighted by Gasteiger charge is 2.25. The van der Waals surface area contributed by atoms with Crippen molar-refractivity contribution in [3.8, 4) is 0 Å². The molecule has 0 bridgehead atoms. The number of benzene rings is 3. The number of aryl methyl sites for hydroxylation is 2. The van der Waals surface area contributed by atoms with Gasteiger partial charge < -0.3 is 5.32 Å². The first-order valence-electron chi connectivity index (χ1n) is 9.73. The monoisotopic (exact) mass is 422 g/mol. The van der Waals surface area contributed by atoms with Gasteiger partial charge in [-0.15, -0.1) is 0 Å². The Bertz CT molecular complexity index is 1160. The van der Waals surface area contributed by atoms with Crippen molar-refractivity contribution in [1.29, 1.82) is 0 Å². The summed E-state index contributed by atoms with van der Waals surface area (Å²) in [5, 5.41) is 2.99. The van der Waals surface area contributed by atoms with E-state index in [-0.39, 0.29) is 16.8 Å². The topological polar surface area (TPSA) is 66.5 Å². The highest BCUT2D eigenvalue weighted by molar-refractivity contribution is 7.92. The quantitative estimate of drug-likeness (QED) is 0.630. The first-order chi connectivity index (χ1) is 14.2. The van der Waals surface area contributed by atoms with Gasteiger partial charge in [0.25, 0.3) is 15.9 Å². The van der Waals surface area contributed by atoms with Gasteiger partial charge in [0.15, 0.2) is 0 Å². The lowest BCUT2D eigenvalue weighted by atomic mass is 10.0. The van der Waals surface area contributed by atoms with E-state index in [2.05, 4.69) is 11.4 Å². The second-order valence-electron chi connectivity index (χ2n) is 7.34. The number of nitrogens with one attached hydrogen (secondary N) is 1. The maximum absolute atomic E-state index is 13.0. The van der Waals surface area contributed by atoms with Crippen molar-refractivity contribution >= 4 is 21.6 Å². The van der Waals surface area contributed by atoms with Gasteiger partial charge in [-0.25, -0.2) is 8.42 Å². The fourth-order valence-electron chi connectivity index (χ4n) is 3.21. The zero-order valence-electron chi connectivity index (χ0n) is 17.6. The highest BCUT2D eigenvalue weighted by Crippen LogP contribution is 2.26. The van der Waals surface area contributed by atoms with Crippen LogP contribution in [0.25, 0.3) is 0 Å². The van der Waals surface area contributed by atoms with Crippen molar-refractivity contribution in [1.82, 2.24) is 5.32 Å². The molecular formula is C24H26N2O3S. The van der Waals surface area contributed by atoms with Crippen LogP contribution in [0.2, 0.25) is 0 Å². The molecule has 156 valence electrons. The van der Waals surface area contributed by atoms with Gasteiger partial charge in [-0.1, -0.05) is 48.5 Å². The molecular weight excluding hydrogens is 396 g/mol. The summed E-state index contributed by atoms with van der Waals surface area (Å²) < 4.78 is 27.2. The molecule has 1 N–H and O–H groups in total. The van der Waals surface area contributed by atoms with E-state index in [1.807, 2.05) is 32.9 Å². The minimum absolute atomic E-state index is 0.172. The van der Waals surface area contributed by atoms with Crippen molar-refractivity contribution in [2.75, 3.05) is 11.4 Å². The zero-order valence-corrected chi connectivity index (χ0v) is 18.4. The van der Waals surface area contributed by atoms with Gasteiger partial charge in [0.1, 0.15) is 0 Å². The Hall–Kier alpha value is -3.12. The third kappa shape index (κ3) is 4.39. The molecule has 0 unspecified atom stereocenters. The van der Waals surface area contributed by atoms with Crippen molar-refractivity contribution in [2.24, 2.45) is 0 Å². The Balaban J connectivity index is 1.89. The first-order valence-corrected chi connectivity index (χ1v) is 11.2. The number of rotatable bonds is 6. The van der Waals surface area contributed by atoms with Crippen LogP contribution in [0.1, 0.15) is 40.0 Å². The molecule has 0 spiro atoms. The van der Waals surface area contributed by atoms with E-state index >= 15 is 0 Å². The van der Waals surface area contributed by atoms with E-state index in [9.17, 15) is 13.2 Å². The predicted molar refractivity (Wildman–Crippen MR) is 120 cm³/mol. The molecule has 0 aliphatic heterocycles. The molecule has 0 heterocycles. The minimum atomic E-state index is -3.79. The number of para-hydroxylation sites is 1. The van der Waals surface area contributed by atoms with Gasteiger partial charge in [0.2, 0.25) is 0 Å². The number of hydrogen-bond donors (Lipinski definition) is 1. The molecule has 1 amide bonds. The predicted octanol–water partition coefficient (Wildman–Crippen LogP) is 4.62. The van der Waals surface area contributed by atoms with E-state index in [0.717, 1.165) is 15.4 Å². The molecule has 5 nitrogen and oxygen atoms in total. The lowest BCUT2D eigenvalue weighted by Crippen LogP contribution is -2.31. The number of carbonyl (C=O) groups is 1. The molecule has 0 radical (unpaired) electrons. The van der Waals surface area contributed by atoms with Gasteiger partial charge in [-0.05, 0) is 61.7 Å². The number of carbonyl (C=O) groups excluding carboxylic acids is 1. The van der Waals surface area contributed by atoms with Crippen LogP contribution in [0.3, 0.4) is 0 Å². The first kappa shape index (κ1) is 21.6. The summed E-state index contributed by atoms with van der Waals surface area (Å²) >= 11 is 0. The second kappa shape index (κ2) is 8.71. The number of sulfonamides is 1. The summed E-state index contributed by atoms with van der Waals surface area (Å²) in [7, 11) is -2.33. The maximum Gasteiger partial charge on any atom is 0.264 e. The van der Waals surface area contributed by atoms with Crippen LogP contribution in [-0.2, 0) is 10.0 Å². The zero-order chi connectivity index (χ0) is 21.9. The molecule has 0 aromatic heterocycles. The number of hydrogen-bond acceptors (Lipinski definition) is 3. The SMILES string of the molecule is Cc1ccc([C@H](C)NC(=O)c2ccccc2N(C)S(=O)(=O)c2ccccc2)cc1C. The van der Waals surface area contributed by atoms with Gasteiger partial charge in [-0.2, -0.15) is 0 Å². The third-order valence-electron chi connectivity index (χ3n) is 5.27. The van der Waals surface area contributed by atoms with Crippen molar-refractivity contribution in [3.63, 3.8) is 0 Å². The fraction of sp³-hybridized carbons (Fsp3) is 0.208. The van der Waals surface area contributed by atoms with E-state index in [4.69, 9.17) is 0 Å². The second-order valence-corrected chi connectivity index (χ2v) is 9.31. The summed E-state index contributed by atoms with van der Waals surface area (Å²) in [5.74, 6) is -0.327. The van der Waals surface area contributed by atoms with Crippen LogP contribution in [0, 0.1) is 13.8 Å². The lowest BCUT2D eigenvalue weighted by molar-refractivity contribution is 0.0940. The average molecular weight is 423 g/mol. The maximum atomic E-state index is 13.0. The van der Waals surface area contributed by atoms with E-state index in [0.29, 0.717) is 11.3 Å². The number of amides is 1. The van der Waals surface area contributed by atoms with Gasteiger partial charge in [0.05, 0.1) is 22.2 Å². The summed E-state index contributed by atoms with van der Waals surface area (Å²) in [6, 6.07) is 20.7. The molecule has 6 heteroatoms. The summed E-state index contributed by atoms with van der Waals surface area (Å²) in [6.07, 6.45) is 0. The van der Waals surface area contributed by atoms with Gasteiger partial charge in [-0.3, -0.25) is 9.10 Å². The molecule has 0 aliphatic rings. The Kier molecular flexibility index (Phi) is 6.27. The van der Waals surface area contributed by atoms with E-state index in [1.54, 1.807) is 42.5 Å². The molecule has 0 fully saturated rings. The summed E-state index contributed by atoms with van der Waals surface area (Å²) in [4.78, 5) is 13.2. The molecule has 3 rings (SSSR count). The van der Waals surface area contributed by atoms with Crippen LogP contribution in [0.5, 0.6) is 0 Å². The van der Waals surface area contributed by atoms with Gasteiger partial charge >= 0.3 is 0 Å². The normalized spacial score (nSPS) is 12.3. The average Bonchev–Trinajstić information content (AvgIpc) is 2.75. The van der Waals surface area contributed by atoms with Gasteiger partial charge in [0, 0.05) is 7.05 Å². The van der Waals surface area contributed by atoms with Crippen molar-refractivity contribution in [3.05, 3.63) is 95.1 Å². The van der Waals surface area contributed by atoms with Crippen molar-refractivity contribution < 1.29 is 13.2 Å². The largest absolute Gasteiger partial charge is 0.345 e. The smallest absolute Gasteiger partial charge is 0.264 e. The third-order valence-corrected chi connectivity index (χ3v) is 7.05. The molecule has 0 aliphatic carbocycles. The van der Waals surface area contributed by atoms with Crippen LogP contribution in [0.15, 0.2) is 77.7 Å². The van der Waals surface area contributed by atoms with Crippen LogP contribution >= 0.6 is 0 Å². The molecule has 3 aromatic rings. The standard InChI is InChI=1S/C24H26N2O3S/c1-17-14-15-20(16-18(17)2)19(3)25-24(27)22-12-8-9-13-23(22)26(4)30(28,29)21-10-6-5-7-11-21/h5-16,19H,1-4H3,(H,25,27)/t19-/m0/s1. The number of nitrogens with zero attached hydrogens (tertiary/aromatic N) is 1. The Morgan fingerprint density at radius 2 is 1.53 bits per heavy atom.